The molecular formula is C56H44N2. The molecule has 3 atom stereocenters. The van der Waals surface area contributed by atoms with Crippen LogP contribution in [-0.2, 0) is 6.42 Å². The fourth-order valence-corrected chi connectivity index (χ4v) is 9.92. The summed E-state index contributed by atoms with van der Waals surface area (Å²) in [7, 11) is 0. The first-order valence-electron chi connectivity index (χ1n) is 20.7. The molecule has 2 nitrogen and oxygen atoms in total. The van der Waals surface area contributed by atoms with Gasteiger partial charge in [0.15, 0.2) is 0 Å². The Morgan fingerprint density at radius 3 is 2.26 bits per heavy atom. The van der Waals surface area contributed by atoms with Gasteiger partial charge in [-0.05, 0) is 103 Å². The molecule has 278 valence electrons. The molecule has 0 fully saturated rings. The third kappa shape index (κ3) is 5.67. The van der Waals surface area contributed by atoms with Gasteiger partial charge >= 0.3 is 0 Å². The van der Waals surface area contributed by atoms with E-state index in [1.807, 2.05) is 0 Å². The SMILES string of the molecule is CC1C=Cc2c(c3ccc4ccccc4c3c3c4ccccc4n(-c4ccc(C(N)/C=C(\C=C\c5cccc6ccccc56)C5CC=Cc6ccccc65)cc4)c23)C1. The first-order valence-corrected chi connectivity index (χ1v) is 20.7. The van der Waals surface area contributed by atoms with Crippen molar-refractivity contribution in [1.82, 2.24) is 4.57 Å². The maximum atomic E-state index is 7.21. The van der Waals surface area contributed by atoms with Crippen molar-refractivity contribution >= 4 is 72.4 Å². The zero-order valence-electron chi connectivity index (χ0n) is 32.6. The van der Waals surface area contributed by atoms with Gasteiger partial charge in [0, 0.05) is 34.0 Å². The average Bonchev–Trinajstić information content (AvgIpc) is 3.62. The highest BCUT2D eigenvalue weighted by Crippen LogP contribution is 2.46. The van der Waals surface area contributed by atoms with E-state index in [1.165, 1.54) is 87.5 Å². The van der Waals surface area contributed by atoms with E-state index in [4.69, 9.17) is 5.73 Å². The van der Waals surface area contributed by atoms with Gasteiger partial charge < -0.3 is 10.3 Å². The van der Waals surface area contributed by atoms with E-state index in [1.54, 1.807) is 0 Å². The molecule has 2 aliphatic carbocycles. The van der Waals surface area contributed by atoms with Crippen LogP contribution in [0, 0.1) is 5.92 Å². The molecule has 2 heteroatoms. The number of fused-ring (bicyclic) bond motifs is 12. The van der Waals surface area contributed by atoms with Crippen LogP contribution >= 0.6 is 0 Å². The summed E-state index contributed by atoms with van der Waals surface area (Å²) in [5.41, 5.74) is 19.8. The van der Waals surface area contributed by atoms with Gasteiger partial charge in [0.05, 0.1) is 11.0 Å². The summed E-state index contributed by atoms with van der Waals surface area (Å²) < 4.78 is 2.50. The number of rotatable bonds is 6. The van der Waals surface area contributed by atoms with Gasteiger partial charge in [-0.25, -0.2) is 0 Å². The topological polar surface area (TPSA) is 30.9 Å². The minimum atomic E-state index is -0.287. The number of nitrogens with zero attached hydrogens (tertiary/aromatic N) is 1. The number of nitrogens with two attached hydrogens (primary N) is 1. The van der Waals surface area contributed by atoms with Crippen LogP contribution in [0.2, 0.25) is 0 Å². The van der Waals surface area contributed by atoms with Gasteiger partial charge in [-0.15, -0.1) is 0 Å². The number of hydrogen-bond acceptors (Lipinski definition) is 1. The molecule has 2 N–H and O–H groups in total. The molecule has 0 saturated heterocycles. The summed E-state index contributed by atoms with van der Waals surface area (Å²) in [5.74, 6) is 0.694. The molecular weight excluding hydrogens is 701 g/mol. The van der Waals surface area contributed by atoms with Crippen LogP contribution < -0.4 is 5.73 Å². The predicted molar refractivity (Wildman–Crippen MR) is 249 cm³/mol. The maximum Gasteiger partial charge on any atom is 0.0622 e. The molecule has 2 aliphatic rings. The third-order valence-electron chi connectivity index (χ3n) is 12.7. The minimum absolute atomic E-state index is 0.211. The lowest BCUT2D eigenvalue weighted by Gasteiger charge is -2.24. The molecule has 0 spiro atoms. The van der Waals surface area contributed by atoms with Gasteiger partial charge in [0.2, 0.25) is 0 Å². The van der Waals surface area contributed by atoms with E-state index in [2.05, 4.69) is 206 Å². The van der Waals surface area contributed by atoms with E-state index in [9.17, 15) is 0 Å². The van der Waals surface area contributed by atoms with Gasteiger partial charge in [-0.1, -0.05) is 183 Å². The molecule has 0 radical (unpaired) electrons. The Bertz CT molecular complexity index is 3200. The molecule has 1 aromatic heterocycles. The lowest BCUT2D eigenvalue weighted by atomic mass is 9.80. The Labute approximate surface area is 339 Å². The monoisotopic (exact) mass is 744 g/mol. The van der Waals surface area contributed by atoms with Crippen molar-refractivity contribution in [3.05, 3.63) is 215 Å². The second kappa shape index (κ2) is 14.0. The highest BCUT2D eigenvalue weighted by molar-refractivity contribution is 6.30. The smallest absolute Gasteiger partial charge is 0.0622 e. The van der Waals surface area contributed by atoms with E-state index >= 15 is 0 Å². The number of benzene rings is 8. The van der Waals surface area contributed by atoms with Gasteiger partial charge in [-0.2, -0.15) is 0 Å². The van der Waals surface area contributed by atoms with E-state index in [0.29, 0.717) is 5.92 Å². The van der Waals surface area contributed by atoms with Crippen LogP contribution in [0.5, 0.6) is 0 Å². The van der Waals surface area contributed by atoms with Crippen molar-refractivity contribution in [2.24, 2.45) is 11.7 Å². The quantitative estimate of drug-likeness (QED) is 0.133. The fraction of sp³-hybridized carbons (Fsp3) is 0.107. The highest BCUT2D eigenvalue weighted by Gasteiger charge is 2.25. The third-order valence-corrected chi connectivity index (χ3v) is 12.7. The Morgan fingerprint density at radius 1 is 0.672 bits per heavy atom. The summed E-state index contributed by atoms with van der Waals surface area (Å²) >= 11 is 0. The first kappa shape index (κ1) is 34.5. The number of allylic oxidation sites excluding steroid dienone is 4. The first-order chi connectivity index (χ1) is 28.6. The largest absolute Gasteiger partial charge is 0.321 e. The van der Waals surface area contributed by atoms with Crippen LogP contribution in [0.4, 0.5) is 0 Å². The van der Waals surface area contributed by atoms with Crippen molar-refractivity contribution in [3.63, 3.8) is 0 Å². The average molecular weight is 745 g/mol. The predicted octanol–water partition coefficient (Wildman–Crippen LogP) is 14.3. The standard InChI is InChI=1S/C56H44N2/c1-36-24-32-49-51(34-36)48-33-29-40-14-4-7-20-47(40)54(48)55-50-21-8-9-23-53(50)58(56(49)55)43-30-27-41(28-31-43)52(57)35-42(46-22-11-17-38-13-3-6-19-45(38)46)26-25-39-16-10-15-37-12-2-5-18-44(37)39/h2-21,23-33,35-36,46,52H,22,34,57H2,1H3/b26-25+,42-35+. The maximum absolute atomic E-state index is 7.21. The van der Waals surface area contributed by atoms with E-state index in [0.717, 1.165) is 24.1 Å². The molecule has 0 bridgehead atoms. The normalized spacial score (nSPS) is 17.2. The second-order valence-electron chi connectivity index (χ2n) is 16.2. The minimum Gasteiger partial charge on any atom is -0.321 e. The number of hydrogen-bond donors (Lipinski definition) is 1. The van der Waals surface area contributed by atoms with Gasteiger partial charge in [0.1, 0.15) is 0 Å². The van der Waals surface area contributed by atoms with Crippen LogP contribution in [-0.4, -0.2) is 4.57 Å². The molecule has 0 aliphatic heterocycles. The van der Waals surface area contributed by atoms with Crippen molar-refractivity contribution in [2.45, 2.75) is 31.7 Å². The molecule has 0 amide bonds. The van der Waals surface area contributed by atoms with Crippen LogP contribution in [0.3, 0.4) is 0 Å². The number of aromatic nitrogens is 1. The Kier molecular flexibility index (Phi) is 8.34. The van der Waals surface area contributed by atoms with E-state index in [-0.39, 0.29) is 12.0 Å². The summed E-state index contributed by atoms with van der Waals surface area (Å²) in [5, 5.41) is 10.4. The summed E-state index contributed by atoms with van der Waals surface area (Å²) in [4.78, 5) is 0. The van der Waals surface area contributed by atoms with Crippen LogP contribution in [0.15, 0.2) is 182 Å². The Hall–Kier alpha value is -6.74. The molecule has 1 heterocycles. The zero-order valence-corrected chi connectivity index (χ0v) is 32.6. The van der Waals surface area contributed by atoms with Gasteiger partial charge in [0.25, 0.3) is 0 Å². The van der Waals surface area contributed by atoms with Crippen LogP contribution in [0.25, 0.3) is 78.0 Å². The Balaban J connectivity index is 1.05. The van der Waals surface area contributed by atoms with E-state index < -0.39 is 0 Å². The molecule has 9 aromatic rings. The lowest BCUT2D eigenvalue weighted by molar-refractivity contribution is 0.722. The van der Waals surface area contributed by atoms with Crippen molar-refractivity contribution in [2.75, 3.05) is 0 Å². The molecule has 8 aromatic carbocycles. The zero-order chi connectivity index (χ0) is 38.7. The van der Waals surface area contributed by atoms with Crippen molar-refractivity contribution in [1.29, 1.82) is 0 Å². The summed E-state index contributed by atoms with van der Waals surface area (Å²) in [6.45, 7) is 2.33. The summed E-state index contributed by atoms with van der Waals surface area (Å²) in [6, 6.07) is 55.1. The molecule has 0 saturated carbocycles. The van der Waals surface area contributed by atoms with Crippen molar-refractivity contribution < 1.29 is 0 Å². The van der Waals surface area contributed by atoms with Crippen LogP contribution in [0.1, 0.15) is 58.7 Å². The molecule has 11 rings (SSSR count). The van der Waals surface area contributed by atoms with Gasteiger partial charge in [-0.3, -0.25) is 0 Å². The van der Waals surface area contributed by atoms with Crippen molar-refractivity contribution in [3.8, 4) is 5.69 Å². The number of para-hydroxylation sites is 1. The summed E-state index contributed by atoms with van der Waals surface area (Å²) in [6.07, 6.45) is 18.2. The second-order valence-corrected chi connectivity index (χ2v) is 16.2. The fourth-order valence-electron chi connectivity index (χ4n) is 9.92. The Morgan fingerprint density at radius 2 is 1.40 bits per heavy atom. The lowest BCUT2D eigenvalue weighted by Crippen LogP contribution is -2.12. The molecule has 58 heavy (non-hydrogen) atoms. The highest BCUT2D eigenvalue weighted by atomic mass is 15.0. The molecule has 3 unspecified atom stereocenters.